The number of para-hydroxylation sites is 1. The molecule has 3 aromatic rings. The van der Waals surface area contributed by atoms with Gasteiger partial charge in [0, 0.05) is 49.5 Å². The lowest BCUT2D eigenvalue weighted by Gasteiger charge is -2.22. The number of hydrogen-bond acceptors (Lipinski definition) is 5. The molecule has 0 saturated carbocycles. The van der Waals surface area contributed by atoms with Crippen LogP contribution < -0.4 is 4.72 Å². The van der Waals surface area contributed by atoms with Crippen LogP contribution in [0.15, 0.2) is 76.6 Å². The largest absolute Gasteiger partial charge is 0.337 e. The molecule has 8 heteroatoms. The molecule has 0 aromatic heterocycles. The molecule has 1 aliphatic rings. The fourth-order valence-corrected chi connectivity index (χ4v) is 6.31. The number of carbonyl (C=O) groups excluding carboxylic acids is 1. The number of sulfonamides is 1. The van der Waals surface area contributed by atoms with Crippen LogP contribution in [0.1, 0.15) is 46.0 Å². The van der Waals surface area contributed by atoms with Crippen LogP contribution in [0.25, 0.3) is 6.08 Å². The summed E-state index contributed by atoms with van der Waals surface area (Å²) in [7, 11) is -3.91. The summed E-state index contributed by atoms with van der Waals surface area (Å²) in [6.07, 6.45) is 4.51. The maximum atomic E-state index is 13.3. The van der Waals surface area contributed by atoms with Gasteiger partial charge in [-0.25, -0.2) is 8.42 Å². The number of hydrogen-bond donors (Lipinski definition) is 1. The number of amides is 1. The standard InChI is InChI=1S/C31H36N4O3S/c1-5-8-26-9-6-10-29(30(26)32-4)39(37,38)33-28-13-11-27(12-14-28)31(36)35-16-7-15-34(17-18-35)22-25-20-23(2)19-24(3)21-25/h5-6,8-14,19-21,33H,4,7,15-18,22H2,1-3H3/b8-5-. The molecule has 0 radical (unpaired) electrons. The summed E-state index contributed by atoms with van der Waals surface area (Å²) in [4.78, 5) is 21.5. The third-order valence-corrected chi connectivity index (χ3v) is 8.18. The second-order valence-corrected chi connectivity index (χ2v) is 11.6. The van der Waals surface area contributed by atoms with Gasteiger partial charge in [-0.15, -0.1) is 0 Å². The van der Waals surface area contributed by atoms with Crippen molar-refractivity contribution in [3.8, 4) is 0 Å². The zero-order valence-corrected chi connectivity index (χ0v) is 23.7. The molecule has 4 rings (SSSR count). The molecule has 3 aromatic carbocycles. The minimum atomic E-state index is -3.91. The van der Waals surface area contributed by atoms with Crippen LogP contribution in [0.4, 0.5) is 11.4 Å². The van der Waals surface area contributed by atoms with Gasteiger partial charge in [-0.1, -0.05) is 53.6 Å². The number of aryl methyl sites for hydroxylation is 2. The molecule has 1 N–H and O–H groups in total. The highest BCUT2D eigenvalue weighted by Gasteiger charge is 2.22. The Morgan fingerprint density at radius 2 is 1.72 bits per heavy atom. The molecule has 0 atom stereocenters. The van der Waals surface area contributed by atoms with E-state index in [0.29, 0.717) is 35.6 Å². The van der Waals surface area contributed by atoms with Crippen molar-refractivity contribution in [2.75, 3.05) is 30.9 Å². The van der Waals surface area contributed by atoms with E-state index in [-0.39, 0.29) is 10.8 Å². The molecule has 0 unspecified atom stereocenters. The minimum absolute atomic E-state index is 0.0446. The molecule has 1 aliphatic heterocycles. The number of aliphatic imine (C=N–C) groups is 1. The van der Waals surface area contributed by atoms with Gasteiger partial charge in [-0.3, -0.25) is 19.4 Å². The van der Waals surface area contributed by atoms with Gasteiger partial charge in [0.2, 0.25) is 0 Å². The van der Waals surface area contributed by atoms with E-state index in [1.807, 2.05) is 17.9 Å². The van der Waals surface area contributed by atoms with Gasteiger partial charge in [0.1, 0.15) is 4.90 Å². The number of nitrogens with one attached hydrogen (secondary N) is 1. The van der Waals surface area contributed by atoms with Gasteiger partial charge in [-0.05, 0) is 69.8 Å². The lowest BCUT2D eigenvalue weighted by Crippen LogP contribution is -2.35. The van der Waals surface area contributed by atoms with E-state index in [1.54, 1.807) is 42.5 Å². The van der Waals surface area contributed by atoms with Crippen molar-refractivity contribution in [3.05, 3.63) is 94.6 Å². The van der Waals surface area contributed by atoms with E-state index in [4.69, 9.17) is 0 Å². The predicted octanol–water partition coefficient (Wildman–Crippen LogP) is 5.82. The van der Waals surface area contributed by atoms with Gasteiger partial charge < -0.3 is 4.90 Å². The van der Waals surface area contributed by atoms with Gasteiger partial charge in [0.15, 0.2) is 0 Å². The lowest BCUT2D eigenvalue weighted by atomic mass is 10.1. The SMILES string of the molecule is C=Nc1c(/C=C\C)cccc1S(=O)(=O)Nc1ccc(C(=O)N2CCCN(Cc3cc(C)cc(C)c3)CC2)cc1. The van der Waals surface area contributed by atoms with Crippen molar-refractivity contribution in [2.45, 2.75) is 38.6 Å². The highest BCUT2D eigenvalue weighted by atomic mass is 32.2. The van der Waals surface area contributed by atoms with Crippen molar-refractivity contribution >= 4 is 40.1 Å². The van der Waals surface area contributed by atoms with Crippen molar-refractivity contribution in [3.63, 3.8) is 0 Å². The quantitative estimate of drug-likeness (QED) is 0.363. The highest BCUT2D eigenvalue weighted by Crippen LogP contribution is 2.30. The number of rotatable bonds is 8. The van der Waals surface area contributed by atoms with Crippen LogP contribution >= 0.6 is 0 Å². The predicted molar refractivity (Wildman–Crippen MR) is 159 cm³/mol. The second-order valence-electron chi connectivity index (χ2n) is 9.95. The van der Waals surface area contributed by atoms with Gasteiger partial charge in [0.05, 0.1) is 5.69 Å². The van der Waals surface area contributed by atoms with E-state index in [0.717, 1.165) is 26.1 Å². The third kappa shape index (κ3) is 7.02. The summed E-state index contributed by atoms with van der Waals surface area (Å²) >= 11 is 0. The summed E-state index contributed by atoms with van der Waals surface area (Å²) in [6, 6.07) is 18.2. The molecular weight excluding hydrogens is 508 g/mol. The number of nitrogens with zero attached hydrogens (tertiary/aromatic N) is 3. The molecule has 1 saturated heterocycles. The van der Waals surface area contributed by atoms with Gasteiger partial charge >= 0.3 is 0 Å². The molecule has 7 nitrogen and oxygen atoms in total. The van der Waals surface area contributed by atoms with Crippen LogP contribution in [0, 0.1) is 13.8 Å². The van der Waals surface area contributed by atoms with Gasteiger partial charge in [-0.2, -0.15) is 0 Å². The Morgan fingerprint density at radius 1 is 1.00 bits per heavy atom. The topological polar surface area (TPSA) is 82.1 Å². The first-order chi connectivity index (χ1) is 18.7. The van der Waals surface area contributed by atoms with Crippen LogP contribution in [-0.4, -0.2) is 57.0 Å². The Kier molecular flexibility index (Phi) is 8.99. The number of allylic oxidation sites excluding steroid dienone is 1. The second kappa shape index (κ2) is 12.4. The first-order valence-electron chi connectivity index (χ1n) is 13.1. The number of anilines is 1. The molecular formula is C31H36N4O3S. The smallest absolute Gasteiger partial charge is 0.264 e. The maximum Gasteiger partial charge on any atom is 0.264 e. The van der Waals surface area contributed by atoms with Crippen LogP contribution in [0.2, 0.25) is 0 Å². The van der Waals surface area contributed by atoms with Crippen LogP contribution in [0.5, 0.6) is 0 Å². The number of benzene rings is 3. The summed E-state index contributed by atoms with van der Waals surface area (Å²) in [6.45, 7) is 13.6. The molecule has 0 aliphatic carbocycles. The Bertz CT molecular complexity index is 1460. The van der Waals surface area contributed by atoms with Crippen molar-refractivity contribution in [1.82, 2.24) is 9.80 Å². The van der Waals surface area contributed by atoms with Crippen LogP contribution in [0.3, 0.4) is 0 Å². The average molecular weight is 545 g/mol. The summed E-state index contributed by atoms with van der Waals surface area (Å²) < 4.78 is 28.9. The Labute approximate surface area is 231 Å². The van der Waals surface area contributed by atoms with E-state index >= 15 is 0 Å². The summed E-state index contributed by atoms with van der Waals surface area (Å²) in [5.74, 6) is -0.0464. The fourth-order valence-electron chi connectivity index (χ4n) is 5.06. The molecule has 1 fully saturated rings. The van der Waals surface area contributed by atoms with E-state index in [9.17, 15) is 13.2 Å². The fraction of sp³-hybridized carbons (Fsp3) is 0.290. The first-order valence-corrected chi connectivity index (χ1v) is 14.6. The Hall–Kier alpha value is -3.75. The van der Waals surface area contributed by atoms with Gasteiger partial charge in [0.25, 0.3) is 15.9 Å². The zero-order valence-electron chi connectivity index (χ0n) is 22.9. The third-order valence-electron chi connectivity index (χ3n) is 6.77. The molecule has 0 bridgehead atoms. The lowest BCUT2D eigenvalue weighted by molar-refractivity contribution is 0.0761. The molecule has 1 heterocycles. The first kappa shape index (κ1) is 28.3. The highest BCUT2D eigenvalue weighted by molar-refractivity contribution is 7.92. The van der Waals surface area contributed by atoms with Crippen molar-refractivity contribution in [2.24, 2.45) is 4.99 Å². The maximum absolute atomic E-state index is 13.3. The zero-order chi connectivity index (χ0) is 28.0. The van der Waals surface area contributed by atoms with E-state index < -0.39 is 10.0 Å². The molecule has 39 heavy (non-hydrogen) atoms. The van der Waals surface area contributed by atoms with Crippen molar-refractivity contribution < 1.29 is 13.2 Å². The number of carbonyl (C=O) groups is 1. The van der Waals surface area contributed by atoms with Crippen molar-refractivity contribution in [1.29, 1.82) is 0 Å². The Morgan fingerprint density at radius 3 is 2.38 bits per heavy atom. The Balaban J connectivity index is 1.41. The molecule has 204 valence electrons. The van der Waals surface area contributed by atoms with E-state index in [1.165, 1.54) is 22.8 Å². The minimum Gasteiger partial charge on any atom is -0.337 e. The van der Waals surface area contributed by atoms with E-state index in [2.05, 4.69) is 53.4 Å². The molecule has 0 spiro atoms. The molecule has 1 amide bonds. The average Bonchev–Trinajstić information content (AvgIpc) is 3.13. The summed E-state index contributed by atoms with van der Waals surface area (Å²) in [5.41, 5.74) is 5.70. The van der Waals surface area contributed by atoms with Crippen LogP contribution in [-0.2, 0) is 16.6 Å². The summed E-state index contributed by atoms with van der Waals surface area (Å²) in [5, 5.41) is 0. The monoisotopic (exact) mass is 544 g/mol. The normalized spacial score (nSPS) is 14.8.